The first-order valence-electron chi connectivity index (χ1n) is 13.0. The van der Waals surface area contributed by atoms with E-state index in [-0.39, 0.29) is 23.2 Å². The van der Waals surface area contributed by atoms with Gasteiger partial charge in [0.1, 0.15) is 12.6 Å². The molecule has 0 fully saturated rings. The highest BCUT2D eigenvalue weighted by Crippen LogP contribution is 2.33. The van der Waals surface area contributed by atoms with Crippen molar-refractivity contribution in [2.24, 2.45) is 0 Å². The van der Waals surface area contributed by atoms with E-state index in [0.29, 0.717) is 15.9 Å². The Morgan fingerprint density at radius 2 is 1.51 bits per heavy atom. The summed E-state index contributed by atoms with van der Waals surface area (Å²) >= 11 is 0. The number of hydrogen-bond acceptors (Lipinski definition) is 4. The minimum Gasteiger partial charge on any atom is -0.352 e. The molecule has 7 nitrogen and oxygen atoms in total. The van der Waals surface area contributed by atoms with E-state index in [4.69, 9.17) is 0 Å². The normalized spacial score (nSPS) is 12.6. The number of carbonyl (C=O) groups is 2. The van der Waals surface area contributed by atoms with Crippen molar-refractivity contribution in [3.8, 4) is 0 Å². The average molecular weight is 590 g/mol. The Hall–Kier alpha value is -3.86. The summed E-state index contributed by atoms with van der Waals surface area (Å²) in [5, 5.41) is 2.76. The highest BCUT2D eigenvalue weighted by Gasteiger charge is 2.35. The van der Waals surface area contributed by atoms with Crippen molar-refractivity contribution < 1.29 is 31.2 Å². The number of nitrogens with zero attached hydrogens (tertiary/aromatic N) is 2. The van der Waals surface area contributed by atoms with Crippen molar-refractivity contribution in [3.05, 3.63) is 95.1 Å². The zero-order valence-corrected chi connectivity index (χ0v) is 24.4. The first-order chi connectivity index (χ1) is 19.1. The lowest BCUT2D eigenvalue weighted by Gasteiger charge is -2.32. The van der Waals surface area contributed by atoms with Crippen LogP contribution in [0, 0.1) is 13.8 Å². The third-order valence-corrected chi connectivity index (χ3v) is 8.17. The van der Waals surface area contributed by atoms with E-state index in [1.807, 2.05) is 19.1 Å². The standard InChI is InChI=1S/C30H34F3N3O4S/c1-20(2)34-29(38)23(5)35(18-24-9-6-8-22(4)16-24)28(37)19-36(26-11-7-10-25(17-26)30(31,32)33)41(39,40)27-14-12-21(3)13-15-27/h6-17,20,23H,18-19H2,1-5H3,(H,34,38)/t23-/m0/s1. The van der Waals surface area contributed by atoms with E-state index in [1.54, 1.807) is 45.0 Å². The highest BCUT2D eigenvalue weighted by atomic mass is 32.2. The first-order valence-corrected chi connectivity index (χ1v) is 14.5. The Kier molecular flexibility index (Phi) is 9.85. The lowest BCUT2D eigenvalue weighted by molar-refractivity contribution is -0.139. The van der Waals surface area contributed by atoms with Crippen LogP contribution in [0.4, 0.5) is 18.9 Å². The zero-order chi connectivity index (χ0) is 30.5. The predicted molar refractivity (Wildman–Crippen MR) is 152 cm³/mol. The molecule has 2 amide bonds. The number of hydrogen-bond donors (Lipinski definition) is 1. The second-order valence-electron chi connectivity index (χ2n) is 10.2. The molecule has 1 N–H and O–H groups in total. The Balaban J connectivity index is 2.10. The monoisotopic (exact) mass is 589 g/mol. The summed E-state index contributed by atoms with van der Waals surface area (Å²) in [6.45, 7) is 7.83. The SMILES string of the molecule is Cc1ccc(S(=O)(=O)N(CC(=O)N(Cc2cccc(C)c2)[C@@H](C)C(=O)NC(C)C)c2cccc(C(F)(F)F)c2)cc1. The summed E-state index contributed by atoms with van der Waals surface area (Å²) in [6.07, 6.45) is -4.74. The van der Waals surface area contributed by atoms with Crippen LogP contribution >= 0.6 is 0 Å². The fourth-order valence-corrected chi connectivity index (χ4v) is 5.60. The number of rotatable bonds is 10. The van der Waals surface area contributed by atoms with Crippen molar-refractivity contribution in [2.75, 3.05) is 10.8 Å². The molecule has 0 saturated carbocycles. The van der Waals surface area contributed by atoms with Gasteiger partial charge in [-0.25, -0.2) is 8.42 Å². The van der Waals surface area contributed by atoms with Gasteiger partial charge < -0.3 is 10.2 Å². The second-order valence-corrected chi connectivity index (χ2v) is 12.1. The highest BCUT2D eigenvalue weighted by molar-refractivity contribution is 7.92. The van der Waals surface area contributed by atoms with Crippen LogP contribution < -0.4 is 9.62 Å². The van der Waals surface area contributed by atoms with Gasteiger partial charge in [0, 0.05) is 12.6 Å². The van der Waals surface area contributed by atoms with E-state index in [2.05, 4.69) is 5.32 Å². The van der Waals surface area contributed by atoms with Gasteiger partial charge in [0.15, 0.2) is 0 Å². The van der Waals surface area contributed by atoms with Gasteiger partial charge in [-0.3, -0.25) is 13.9 Å². The average Bonchev–Trinajstić information content (AvgIpc) is 2.89. The quantitative estimate of drug-likeness (QED) is 0.340. The maximum Gasteiger partial charge on any atom is 0.416 e. The third kappa shape index (κ3) is 8.09. The van der Waals surface area contributed by atoms with Crippen molar-refractivity contribution in [3.63, 3.8) is 0 Å². The predicted octanol–water partition coefficient (Wildman–Crippen LogP) is 5.46. The number of nitrogens with one attached hydrogen (secondary N) is 1. The molecule has 0 aliphatic carbocycles. The molecule has 1 atom stereocenters. The van der Waals surface area contributed by atoms with Crippen molar-refractivity contribution in [1.82, 2.24) is 10.2 Å². The fraction of sp³-hybridized carbons (Fsp3) is 0.333. The molecule has 0 aliphatic rings. The second kappa shape index (κ2) is 12.8. The summed E-state index contributed by atoms with van der Waals surface area (Å²) in [5.74, 6) is -1.21. The largest absolute Gasteiger partial charge is 0.416 e. The van der Waals surface area contributed by atoms with E-state index in [1.165, 1.54) is 30.0 Å². The molecular weight excluding hydrogens is 555 g/mol. The molecule has 0 bridgehead atoms. The van der Waals surface area contributed by atoms with Crippen LogP contribution in [-0.2, 0) is 32.3 Å². The Bertz CT molecular complexity index is 1490. The maximum atomic E-state index is 13.9. The van der Waals surface area contributed by atoms with Crippen LogP contribution in [0.2, 0.25) is 0 Å². The van der Waals surface area contributed by atoms with Gasteiger partial charge in [-0.05, 0) is 70.5 Å². The number of aryl methyl sites for hydroxylation is 2. The van der Waals surface area contributed by atoms with Crippen molar-refractivity contribution in [2.45, 2.75) is 64.3 Å². The Morgan fingerprint density at radius 3 is 2.10 bits per heavy atom. The molecule has 3 aromatic carbocycles. The lowest BCUT2D eigenvalue weighted by Crippen LogP contribution is -2.52. The molecular formula is C30H34F3N3O4S. The topological polar surface area (TPSA) is 86.8 Å². The molecule has 0 saturated heterocycles. The van der Waals surface area contributed by atoms with Gasteiger partial charge in [-0.1, -0.05) is 53.6 Å². The number of alkyl halides is 3. The van der Waals surface area contributed by atoms with Crippen LogP contribution in [0.25, 0.3) is 0 Å². The molecule has 0 heterocycles. The summed E-state index contributed by atoms with van der Waals surface area (Å²) < 4.78 is 69.0. The number of carbonyl (C=O) groups excluding carboxylic acids is 2. The third-order valence-electron chi connectivity index (χ3n) is 6.38. The summed E-state index contributed by atoms with van der Waals surface area (Å²) in [6, 6.07) is 15.6. The van der Waals surface area contributed by atoms with E-state index >= 15 is 0 Å². The van der Waals surface area contributed by atoms with Gasteiger partial charge in [-0.15, -0.1) is 0 Å². The maximum absolute atomic E-state index is 13.9. The number of benzene rings is 3. The molecule has 220 valence electrons. The Labute approximate surface area is 239 Å². The zero-order valence-electron chi connectivity index (χ0n) is 23.6. The van der Waals surface area contributed by atoms with Gasteiger partial charge in [0.2, 0.25) is 11.8 Å². The van der Waals surface area contributed by atoms with Gasteiger partial charge >= 0.3 is 6.18 Å². The minimum absolute atomic E-state index is 0.0196. The van der Waals surface area contributed by atoms with E-state index < -0.39 is 46.2 Å². The number of sulfonamides is 1. The van der Waals surface area contributed by atoms with Crippen LogP contribution in [0.5, 0.6) is 0 Å². The van der Waals surface area contributed by atoms with Gasteiger partial charge in [0.25, 0.3) is 10.0 Å². The number of halogens is 3. The van der Waals surface area contributed by atoms with E-state index in [0.717, 1.165) is 23.3 Å². The van der Waals surface area contributed by atoms with Gasteiger partial charge in [-0.2, -0.15) is 13.2 Å². The van der Waals surface area contributed by atoms with Crippen molar-refractivity contribution in [1.29, 1.82) is 0 Å². The van der Waals surface area contributed by atoms with Crippen molar-refractivity contribution >= 4 is 27.5 Å². The van der Waals surface area contributed by atoms with Crippen LogP contribution in [0.15, 0.2) is 77.7 Å². The lowest BCUT2D eigenvalue weighted by atomic mass is 10.1. The molecule has 0 aliphatic heterocycles. The molecule has 0 aromatic heterocycles. The molecule has 11 heteroatoms. The molecule has 0 unspecified atom stereocenters. The molecule has 3 rings (SSSR count). The minimum atomic E-state index is -4.74. The summed E-state index contributed by atoms with van der Waals surface area (Å²) in [5.41, 5.74) is 1.01. The van der Waals surface area contributed by atoms with E-state index in [9.17, 15) is 31.2 Å². The smallest absolute Gasteiger partial charge is 0.352 e. The summed E-state index contributed by atoms with van der Waals surface area (Å²) in [4.78, 5) is 27.9. The summed E-state index contributed by atoms with van der Waals surface area (Å²) in [7, 11) is -4.49. The van der Waals surface area contributed by atoms with Crippen LogP contribution in [-0.4, -0.2) is 43.8 Å². The fourth-order valence-electron chi connectivity index (χ4n) is 4.20. The number of amides is 2. The number of anilines is 1. The molecule has 41 heavy (non-hydrogen) atoms. The van der Waals surface area contributed by atoms with Gasteiger partial charge in [0.05, 0.1) is 16.1 Å². The molecule has 3 aromatic rings. The Morgan fingerprint density at radius 1 is 0.878 bits per heavy atom. The first kappa shape index (κ1) is 31.7. The molecule has 0 radical (unpaired) electrons. The molecule has 0 spiro atoms. The van der Waals surface area contributed by atoms with Crippen LogP contribution in [0.3, 0.4) is 0 Å². The van der Waals surface area contributed by atoms with Crippen LogP contribution in [0.1, 0.15) is 43.0 Å².